The Bertz CT molecular complexity index is 591. The molecule has 1 saturated heterocycles. The SMILES string of the molecule is NC(=O)c1cc(Cl)ccc1NCC(=O)N1CCNC(=O)C1. The summed E-state index contributed by atoms with van der Waals surface area (Å²) in [4.78, 5) is 36.0. The molecule has 1 aromatic rings. The molecule has 0 aromatic heterocycles. The van der Waals surface area contributed by atoms with Crippen LogP contribution in [0.3, 0.4) is 0 Å². The first-order chi connectivity index (χ1) is 9.97. The smallest absolute Gasteiger partial charge is 0.250 e. The van der Waals surface area contributed by atoms with Crippen molar-refractivity contribution < 1.29 is 14.4 Å². The van der Waals surface area contributed by atoms with E-state index < -0.39 is 5.91 Å². The fourth-order valence-corrected chi connectivity index (χ4v) is 2.18. The Kier molecular flexibility index (Phi) is 4.64. The quantitative estimate of drug-likeness (QED) is 0.717. The Morgan fingerprint density at radius 1 is 1.43 bits per heavy atom. The number of anilines is 1. The van der Waals surface area contributed by atoms with E-state index >= 15 is 0 Å². The van der Waals surface area contributed by atoms with Gasteiger partial charge in [0.15, 0.2) is 0 Å². The van der Waals surface area contributed by atoms with Crippen LogP contribution in [0.15, 0.2) is 18.2 Å². The molecular weight excluding hydrogens is 296 g/mol. The van der Waals surface area contributed by atoms with Crippen molar-refractivity contribution in [1.82, 2.24) is 10.2 Å². The first-order valence-corrected chi connectivity index (χ1v) is 6.73. The number of primary amides is 1. The van der Waals surface area contributed by atoms with Crippen LogP contribution in [-0.4, -0.2) is 48.8 Å². The molecule has 0 unspecified atom stereocenters. The maximum Gasteiger partial charge on any atom is 0.250 e. The van der Waals surface area contributed by atoms with Gasteiger partial charge >= 0.3 is 0 Å². The molecule has 1 fully saturated rings. The van der Waals surface area contributed by atoms with Gasteiger partial charge in [0.2, 0.25) is 11.8 Å². The second-order valence-corrected chi connectivity index (χ2v) is 5.01. The molecule has 0 saturated carbocycles. The minimum absolute atomic E-state index is 0.0325. The van der Waals surface area contributed by atoms with E-state index in [1.54, 1.807) is 12.1 Å². The van der Waals surface area contributed by atoms with Crippen LogP contribution in [0.25, 0.3) is 0 Å². The summed E-state index contributed by atoms with van der Waals surface area (Å²) in [6.45, 7) is 0.923. The van der Waals surface area contributed by atoms with Gasteiger partial charge in [-0.1, -0.05) is 11.6 Å². The molecule has 4 N–H and O–H groups in total. The largest absolute Gasteiger partial charge is 0.376 e. The number of benzene rings is 1. The third kappa shape index (κ3) is 3.85. The number of halogens is 1. The molecule has 1 aliphatic rings. The molecule has 1 aromatic carbocycles. The van der Waals surface area contributed by atoms with Gasteiger partial charge in [-0.3, -0.25) is 14.4 Å². The molecule has 1 heterocycles. The molecule has 0 bridgehead atoms. The van der Waals surface area contributed by atoms with Crippen LogP contribution in [0.4, 0.5) is 5.69 Å². The number of hydrogen-bond donors (Lipinski definition) is 3. The van der Waals surface area contributed by atoms with Gasteiger partial charge in [-0.2, -0.15) is 0 Å². The van der Waals surface area contributed by atoms with E-state index in [0.29, 0.717) is 23.8 Å². The second-order valence-electron chi connectivity index (χ2n) is 4.57. The molecule has 0 aliphatic carbocycles. The molecule has 3 amide bonds. The van der Waals surface area contributed by atoms with E-state index in [2.05, 4.69) is 10.6 Å². The summed E-state index contributed by atoms with van der Waals surface area (Å²) in [6, 6.07) is 4.61. The highest BCUT2D eigenvalue weighted by Gasteiger charge is 2.21. The molecule has 7 nitrogen and oxygen atoms in total. The normalized spacial score (nSPS) is 14.5. The van der Waals surface area contributed by atoms with E-state index in [0.717, 1.165) is 0 Å². The first kappa shape index (κ1) is 15.1. The van der Waals surface area contributed by atoms with Crippen LogP contribution in [0.1, 0.15) is 10.4 Å². The van der Waals surface area contributed by atoms with Crippen LogP contribution in [0, 0.1) is 0 Å². The van der Waals surface area contributed by atoms with Gasteiger partial charge in [0.25, 0.3) is 5.91 Å². The second kappa shape index (κ2) is 6.45. The summed E-state index contributed by atoms with van der Waals surface area (Å²) in [5.41, 5.74) is 5.91. The standard InChI is InChI=1S/C13H15ClN4O3/c14-8-1-2-10(9(5-8)13(15)21)17-6-12(20)18-4-3-16-11(19)7-18/h1-2,5,17H,3-4,6-7H2,(H2,15,21)(H,16,19). The highest BCUT2D eigenvalue weighted by Crippen LogP contribution is 2.20. The number of carbonyl (C=O) groups excluding carboxylic acids is 3. The molecule has 0 atom stereocenters. The van der Waals surface area contributed by atoms with Gasteiger partial charge in [0.05, 0.1) is 18.7 Å². The van der Waals surface area contributed by atoms with Crippen molar-refractivity contribution in [2.24, 2.45) is 5.73 Å². The van der Waals surface area contributed by atoms with Crippen molar-refractivity contribution in [3.63, 3.8) is 0 Å². The number of piperazine rings is 1. The fourth-order valence-electron chi connectivity index (χ4n) is 2.01. The van der Waals surface area contributed by atoms with E-state index in [9.17, 15) is 14.4 Å². The minimum Gasteiger partial charge on any atom is -0.376 e. The van der Waals surface area contributed by atoms with Gasteiger partial charge in [0, 0.05) is 23.8 Å². The van der Waals surface area contributed by atoms with E-state index in [1.165, 1.54) is 11.0 Å². The molecule has 0 spiro atoms. The molecule has 1 aliphatic heterocycles. The summed E-state index contributed by atoms with van der Waals surface area (Å²) >= 11 is 5.81. The van der Waals surface area contributed by atoms with E-state index in [-0.39, 0.29) is 30.5 Å². The molecule has 0 radical (unpaired) electrons. The number of hydrogen-bond acceptors (Lipinski definition) is 4. The zero-order chi connectivity index (χ0) is 15.4. The summed E-state index contributed by atoms with van der Waals surface area (Å²) in [7, 11) is 0. The van der Waals surface area contributed by atoms with Crippen molar-refractivity contribution in [3.8, 4) is 0 Å². The average Bonchev–Trinajstić information content (AvgIpc) is 2.45. The van der Waals surface area contributed by atoms with E-state index in [1.807, 2.05) is 0 Å². The molecule has 8 heteroatoms. The van der Waals surface area contributed by atoms with Gasteiger partial charge < -0.3 is 21.3 Å². The van der Waals surface area contributed by atoms with Crippen molar-refractivity contribution in [2.75, 3.05) is 31.5 Å². The zero-order valence-electron chi connectivity index (χ0n) is 11.2. The molecule has 21 heavy (non-hydrogen) atoms. The van der Waals surface area contributed by atoms with Gasteiger partial charge in [-0.25, -0.2) is 0 Å². The Morgan fingerprint density at radius 2 is 2.19 bits per heavy atom. The lowest BCUT2D eigenvalue weighted by Crippen LogP contribution is -2.51. The van der Waals surface area contributed by atoms with E-state index in [4.69, 9.17) is 17.3 Å². The Morgan fingerprint density at radius 3 is 2.86 bits per heavy atom. The van der Waals surface area contributed by atoms with Crippen LogP contribution < -0.4 is 16.4 Å². The molecule has 112 valence electrons. The fraction of sp³-hybridized carbons (Fsp3) is 0.308. The third-order valence-corrected chi connectivity index (χ3v) is 3.30. The summed E-state index contributed by atoms with van der Waals surface area (Å²) < 4.78 is 0. The lowest BCUT2D eigenvalue weighted by Gasteiger charge is -2.27. The average molecular weight is 311 g/mol. The maximum atomic E-state index is 12.0. The zero-order valence-corrected chi connectivity index (χ0v) is 11.9. The van der Waals surface area contributed by atoms with Crippen LogP contribution in [0.2, 0.25) is 5.02 Å². The number of rotatable bonds is 4. The van der Waals surface area contributed by atoms with Gasteiger partial charge in [0.1, 0.15) is 0 Å². The third-order valence-electron chi connectivity index (χ3n) is 3.07. The number of carbonyl (C=O) groups is 3. The lowest BCUT2D eigenvalue weighted by molar-refractivity contribution is -0.136. The predicted molar refractivity (Wildman–Crippen MR) is 78.0 cm³/mol. The van der Waals surface area contributed by atoms with Gasteiger partial charge in [-0.05, 0) is 18.2 Å². The minimum atomic E-state index is -0.634. The lowest BCUT2D eigenvalue weighted by atomic mass is 10.1. The monoisotopic (exact) mass is 310 g/mol. The molecular formula is C13H15ClN4O3. The summed E-state index contributed by atoms with van der Waals surface area (Å²) in [5, 5.41) is 5.88. The van der Waals surface area contributed by atoms with Crippen molar-refractivity contribution in [1.29, 1.82) is 0 Å². The number of nitrogens with zero attached hydrogens (tertiary/aromatic N) is 1. The maximum absolute atomic E-state index is 12.0. The highest BCUT2D eigenvalue weighted by molar-refractivity contribution is 6.31. The topological polar surface area (TPSA) is 105 Å². The molecule has 2 rings (SSSR count). The van der Waals surface area contributed by atoms with Gasteiger partial charge in [-0.15, -0.1) is 0 Å². The predicted octanol–water partition coefficient (Wildman–Crippen LogP) is -0.191. The number of nitrogens with two attached hydrogens (primary N) is 1. The highest BCUT2D eigenvalue weighted by atomic mass is 35.5. The summed E-state index contributed by atoms with van der Waals surface area (Å²) in [6.07, 6.45) is 0. The number of amides is 3. The number of nitrogens with one attached hydrogen (secondary N) is 2. The Balaban J connectivity index is 2.01. The van der Waals surface area contributed by atoms with Crippen molar-refractivity contribution in [3.05, 3.63) is 28.8 Å². The van der Waals surface area contributed by atoms with Crippen molar-refractivity contribution in [2.45, 2.75) is 0 Å². The summed E-state index contributed by atoms with van der Waals surface area (Å²) in [5.74, 6) is -1.04. The Labute approximate surface area is 126 Å². The van der Waals surface area contributed by atoms with Crippen LogP contribution in [0.5, 0.6) is 0 Å². The Hall–Kier alpha value is -2.28. The van der Waals surface area contributed by atoms with Crippen molar-refractivity contribution >= 4 is 35.0 Å². The van der Waals surface area contributed by atoms with Crippen LogP contribution >= 0.6 is 11.6 Å². The van der Waals surface area contributed by atoms with Crippen LogP contribution in [-0.2, 0) is 9.59 Å². The first-order valence-electron chi connectivity index (χ1n) is 6.35.